The van der Waals surface area contributed by atoms with Gasteiger partial charge >= 0.3 is 0 Å². The summed E-state index contributed by atoms with van der Waals surface area (Å²) in [6, 6.07) is 7.87. The van der Waals surface area contributed by atoms with E-state index in [4.69, 9.17) is 15.7 Å². The van der Waals surface area contributed by atoms with Crippen molar-refractivity contribution in [1.29, 1.82) is 5.41 Å². The minimum Gasteiger partial charge on any atom is -0.387 e. The van der Waals surface area contributed by atoms with E-state index >= 15 is 0 Å². The van der Waals surface area contributed by atoms with Gasteiger partial charge in [-0.1, -0.05) is 34.6 Å². The largest absolute Gasteiger partial charge is 0.387 e. The molecular weight excluding hydrogens is 370 g/mol. The summed E-state index contributed by atoms with van der Waals surface area (Å²) in [7, 11) is 1.87. The second-order valence-electron chi connectivity index (χ2n) is 7.32. The molecule has 1 fully saturated rings. The first kappa shape index (κ1) is 17.3. The lowest BCUT2D eigenvalue weighted by atomic mass is 10.1. The molecule has 3 heterocycles. The van der Waals surface area contributed by atoms with E-state index in [0.717, 1.165) is 35.2 Å². The van der Waals surface area contributed by atoms with Gasteiger partial charge in [0.05, 0.1) is 18.9 Å². The Hall–Kier alpha value is -3.82. The molecule has 1 aliphatic rings. The van der Waals surface area contributed by atoms with Crippen molar-refractivity contribution in [2.24, 2.45) is 12.8 Å². The summed E-state index contributed by atoms with van der Waals surface area (Å²) < 4.78 is 8.89. The molecule has 0 atom stereocenters. The minimum atomic E-state index is -0.551. The third kappa shape index (κ3) is 3.08. The van der Waals surface area contributed by atoms with Crippen LogP contribution in [-0.2, 0) is 19.0 Å². The molecule has 4 aromatic rings. The van der Waals surface area contributed by atoms with E-state index in [0.29, 0.717) is 18.3 Å². The Balaban J connectivity index is 1.31. The molecule has 0 spiro atoms. The van der Waals surface area contributed by atoms with Crippen LogP contribution in [0, 0.1) is 5.41 Å². The van der Waals surface area contributed by atoms with Crippen LogP contribution in [0.25, 0.3) is 22.6 Å². The Bertz CT molecular complexity index is 1180. The molecule has 3 aromatic heterocycles. The van der Waals surface area contributed by atoms with Crippen molar-refractivity contribution in [3.8, 4) is 22.6 Å². The highest BCUT2D eigenvalue weighted by Crippen LogP contribution is 2.47. The summed E-state index contributed by atoms with van der Waals surface area (Å²) in [6.07, 6.45) is 7.12. The molecule has 0 bridgehead atoms. The number of nitrogens with zero attached hydrogens (tertiary/aromatic N) is 7. The van der Waals surface area contributed by atoms with Crippen LogP contribution in [0.5, 0.6) is 0 Å². The summed E-state index contributed by atoms with van der Waals surface area (Å²) in [6.45, 7) is 0.596. The number of amidine groups is 1. The van der Waals surface area contributed by atoms with Gasteiger partial charge in [0, 0.05) is 24.4 Å². The van der Waals surface area contributed by atoms with Gasteiger partial charge in [-0.2, -0.15) is 10.1 Å². The quantitative estimate of drug-likeness (QED) is 0.378. The van der Waals surface area contributed by atoms with Gasteiger partial charge in [-0.15, -0.1) is 5.10 Å². The molecule has 1 aliphatic carbocycles. The third-order valence-corrected chi connectivity index (χ3v) is 5.20. The molecule has 1 saturated carbocycles. The number of rotatable bonds is 6. The van der Waals surface area contributed by atoms with Crippen LogP contribution in [0.2, 0.25) is 0 Å². The predicted molar refractivity (Wildman–Crippen MR) is 104 cm³/mol. The molecule has 1 aromatic carbocycles. The Morgan fingerprint density at radius 2 is 2.00 bits per heavy atom. The summed E-state index contributed by atoms with van der Waals surface area (Å²) >= 11 is 0. The third-order valence-electron chi connectivity index (χ3n) is 5.20. The lowest BCUT2D eigenvalue weighted by Crippen LogP contribution is -2.27. The number of hydrogen-bond donors (Lipinski definition) is 2. The highest BCUT2D eigenvalue weighted by atomic mass is 16.5. The predicted octanol–water partition coefficient (Wildman–Crippen LogP) is 1.74. The summed E-state index contributed by atoms with van der Waals surface area (Å²) in [5.74, 6) is 1.01. The van der Waals surface area contributed by atoms with Crippen LogP contribution >= 0.6 is 0 Å². The molecule has 3 N–H and O–H groups in total. The van der Waals surface area contributed by atoms with Crippen molar-refractivity contribution in [2.75, 3.05) is 0 Å². The van der Waals surface area contributed by atoms with Crippen molar-refractivity contribution >= 4 is 5.84 Å². The molecule has 10 heteroatoms. The van der Waals surface area contributed by atoms with Crippen LogP contribution in [0.3, 0.4) is 0 Å². The number of hydrogen-bond acceptors (Lipinski definition) is 7. The highest BCUT2D eigenvalue weighted by molar-refractivity contribution is 5.91. The smallest absolute Gasteiger partial charge is 0.240 e. The van der Waals surface area contributed by atoms with Crippen molar-refractivity contribution in [3.63, 3.8) is 0 Å². The molecule has 0 radical (unpaired) electrons. The lowest BCUT2D eigenvalue weighted by molar-refractivity contribution is 0.367. The monoisotopic (exact) mass is 389 g/mol. The van der Waals surface area contributed by atoms with E-state index in [1.54, 1.807) is 15.6 Å². The zero-order valence-corrected chi connectivity index (χ0v) is 15.8. The van der Waals surface area contributed by atoms with Crippen LogP contribution in [0.15, 0.2) is 47.4 Å². The first-order valence-electron chi connectivity index (χ1n) is 9.21. The standard InChI is InChI=1S/C19H19N9O/c1-27-10-14(8-22-27)15-11-28(26-24-15)9-12-2-4-13(5-3-12)16-23-18(29-25-16)19(6-7-19)17(20)21/h2-5,8,10-11H,6-7,9H2,1H3,(H3,20,21). The maximum Gasteiger partial charge on any atom is 0.240 e. The average molecular weight is 389 g/mol. The Kier molecular flexibility index (Phi) is 3.79. The van der Waals surface area contributed by atoms with E-state index in [1.807, 2.05) is 43.7 Å². The minimum absolute atomic E-state index is 0.0848. The second-order valence-corrected chi connectivity index (χ2v) is 7.32. The van der Waals surface area contributed by atoms with Gasteiger partial charge < -0.3 is 10.3 Å². The number of aromatic nitrogens is 7. The van der Waals surface area contributed by atoms with Gasteiger partial charge in [-0.25, -0.2) is 4.68 Å². The molecule has 0 unspecified atom stereocenters. The summed E-state index contributed by atoms with van der Waals surface area (Å²) in [4.78, 5) is 4.45. The number of nitrogens with one attached hydrogen (secondary N) is 1. The number of nitrogens with two attached hydrogens (primary N) is 1. The lowest BCUT2D eigenvalue weighted by Gasteiger charge is -2.05. The summed E-state index contributed by atoms with van der Waals surface area (Å²) in [5, 5.41) is 24.3. The zero-order valence-electron chi connectivity index (χ0n) is 15.8. The zero-order chi connectivity index (χ0) is 20.0. The molecule has 0 amide bonds. The van der Waals surface area contributed by atoms with E-state index in [2.05, 4.69) is 25.6 Å². The molecule has 146 valence electrons. The Labute approximate surface area is 165 Å². The molecular formula is C19H19N9O. The van der Waals surface area contributed by atoms with Crippen molar-refractivity contribution < 1.29 is 4.52 Å². The van der Waals surface area contributed by atoms with Crippen molar-refractivity contribution in [2.45, 2.75) is 24.8 Å². The normalized spacial score (nSPS) is 14.8. The first-order chi connectivity index (χ1) is 14.0. The van der Waals surface area contributed by atoms with Gasteiger partial charge in [-0.05, 0) is 18.4 Å². The number of benzene rings is 1. The van der Waals surface area contributed by atoms with Crippen LogP contribution < -0.4 is 5.73 Å². The Morgan fingerprint density at radius 1 is 1.21 bits per heavy atom. The van der Waals surface area contributed by atoms with Crippen LogP contribution in [0.4, 0.5) is 0 Å². The van der Waals surface area contributed by atoms with Crippen LogP contribution in [-0.4, -0.2) is 40.8 Å². The van der Waals surface area contributed by atoms with Gasteiger partial charge in [0.1, 0.15) is 16.9 Å². The van der Waals surface area contributed by atoms with E-state index < -0.39 is 5.41 Å². The molecule has 29 heavy (non-hydrogen) atoms. The topological polar surface area (TPSA) is 137 Å². The average Bonchev–Trinajstić information content (AvgIpc) is 3.05. The van der Waals surface area contributed by atoms with Crippen molar-refractivity contribution in [1.82, 2.24) is 34.9 Å². The van der Waals surface area contributed by atoms with Gasteiger partial charge in [0.15, 0.2) is 0 Å². The number of aryl methyl sites for hydroxylation is 1. The molecule has 10 nitrogen and oxygen atoms in total. The van der Waals surface area contributed by atoms with Gasteiger partial charge in [0.25, 0.3) is 0 Å². The van der Waals surface area contributed by atoms with Crippen molar-refractivity contribution in [3.05, 3.63) is 54.3 Å². The first-order valence-corrected chi connectivity index (χ1v) is 9.21. The molecule has 5 rings (SSSR count). The van der Waals surface area contributed by atoms with Gasteiger partial charge in [-0.3, -0.25) is 10.1 Å². The van der Waals surface area contributed by atoms with E-state index in [-0.39, 0.29) is 5.84 Å². The van der Waals surface area contributed by atoms with E-state index in [1.165, 1.54) is 0 Å². The summed E-state index contributed by atoms with van der Waals surface area (Å²) in [5.41, 5.74) is 8.77. The fourth-order valence-electron chi connectivity index (χ4n) is 3.27. The Morgan fingerprint density at radius 3 is 2.66 bits per heavy atom. The van der Waals surface area contributed by atoms with Gasteiger partial charge in [0.2, 0.25) is 11.7 Å². The fourth-order valence-corrected chi connectivity index (χ4v) is 3.27. The fraction of sp³-hybridized carbons (Fsp3) is 0.263. The van der Waals surface area contributed by atoms with E-state index in [9.17, 15) is 0 Å². The maximum absolute atomic E-state index is 7.74. The highest BCUT2D eigenvalue weighted by Gasteiger charge is 2.52. The second kappa shape index (κ2) is 6.36. The molecule has 0 aliphatic heterocycles. The van der Waals surface area contributed by atoms with Crippen LogP contribution in [0.1, 0.15) is 24.3 Å². The molecule has 0 saturated heterocycles. The maximum atomic E-state index is 7.74. The SMILES string of the molecule is Cn1cc(-c2cn(Cc3ccc(-c4noc(C5(C(=N)N)CC5)n4)cc3)nn2)cn1.